The third-order valence-corrected chi connectivity index (χ3v) is 13.3. The van der Waals surface area contributed by atoms with Crippen molar-refractivity contribution in [3.8, 4) is 17.3 Å². The Morgan fingerprint density at radius 3 is 1.70 bits per heavy atom. The summed E-state index contributed by atoms with van der Waals surface area (Å²) < 4.78 is 11.9. The summed E-state index contributed by atoms with van der Waals surface area (Å²) in [5.74, 6) is 2.52. The van der Waals surface area contributed by atoms with Gasteiger partial charge in [0.25, 0.3) is 0 Å². The molecule has 9 rings (SSSR count). The lowest BCUT2D eigenvalue weighted by Crippen LogP contribution is -2.26. The maximum absolute atomic E-state index is 6.99. The Morgan fingerprint density at radius 2 is 1.08 bits per heavy atom. The summed E-state index contributed by atoms with van der Waals surface area (Å²) in [7, 11) is 0. The smallest absolute Gasteiger partial charge is 0.137 e. The fourth-order valence-corrected chi connectivity index (χ4v) is 9.63. The van der Waals surface area contributed by atoms with Crippen molar-refractivity contribution >= 4 is 65.3 Å². The fraction of sp³-hybridized carbons (Fsp3) is 0.315. The van der Waals surface area contributed by atoms with Gasteiger partial charge < -0.3 is 14.5 Å². The maximum Gasteiger partial charge on any atom is 0.137 e. The topological polar surface area (TPSA) is 33.5 Å². The van der Waals surface area contributed by atoms with Crippen molar-refractivity contribution in [2.45, 2.75) is 105 Å². The number of hydrogen-bond donors (Lipinski definition) is 0. The number of hydrogen-bond acceptors (Lipinski definition) is 5. The van der Waals surface area contributed by atoms with Crippen molar-refractivity contribution in [2.24, 2.45) is 0 Å². The molecular weight excluding hydrogens is 753 g/mol. The van der Waals surface area contributed by atoms with Crippen LogP contribution in [-0.2, 0) is 21.7 Å². The predicted molar refractivity (Wildman–Crippen MR) is 257 cm³/mol. The number of rotatable bonds is 5. The van der Waals surface area contributed by atoms with Crippen molar-refractivity contribution in [1.82, 2.24) is 9.55 Å². The highest BCUT2D eigenvalue weighted by molar-refractivity contribution is 7.26. The molecule has 4 heterocycles. The zero-order chi connectivity index (χ0) is 42.5. The molecule has 0 atom stereocenters. The number of aromatic nitrogens is 2. The third kappa shape index (κ3) is 7.13. The second-order valence-corrected chi connectivity index (χ2v) is 21.8. The monoisotopic (exact) mass is 810 g/mol. The molecule has 5 nitrogen and oxygen atoms in total. The van der Waals surface area contributed by atoms with E-state index in [1.54, 1.807) is 0 Å². The molecule has 0 bridgehead atoms. The highest BCUT2D eigenvalue weighted by Gasteiger charge is 2.31. The van der Waals surface area contributed by atoms with Crippen molar-refractivity contribution in [1.29, 1.82) is 0 Å². The number of anilines is 4. The molecule has 0 aliphatic carbocycles. The van der Waals surface area contributed by atoms with Crippen LogP contribution in [0.25, 0.3) is 37.0 Å². The van der Waals surface area contributed by atoms with Gasteiger partial charge in [0, 0.05) is 45.2 Å². The van der Waals surface area contributed by atoms with E-state index in [0.29, 0.717) is 6.67 Å². The van der Waals surface area contributed by atoms with Crippen molar-refractivity contribution in [3.05, 3.63) is 144 Å². The van der Waals surface area contributed by atoms with Gasteiger partial charge in [0.15, 0.2) is 0 Å². The molecule has 3 aromatic heterocycles. The van der Waals surface area contributed by atoms with Gasteiger partial charge >= 0.3 is 0 Å². The SMILES string of the molecule is CC(C)(C)c1cc(Oc2ccc3c4sc5ccccc5c4n(-c4cc(C(C)(C)C)ccn4)c3c2)cc(N2CN(c3cc(C(C)(C)C)cc(C(C)(C)C)c3)c3ccccc32)c1. The van der Waals surface area contributed by atoms with E-state index in [9.17, 15) is 0 Å². The molecule has 0 saturated carbocycles. The summed E-state index contributed by atoms with van der Waals surface area (Å²) in [5, 5.41) is 2.44. The summed E-state index contributed by atoms with van der Waals surface area (Å²) in [6.07, 6.45) is 1.95. The number of thiophene rings is 1. The first-order valence-electron chi connectivity index (χ1n) is 21.3. The van der Waals surface area contributed by atoms with Gasteiger partial charge in [-0.2, -0.15) is 0 Å². The number of ether oxygens (including phenoxy) is 1. The number of pyridine rings is 1. The first kappa shape index (κ1) is 39.8. The third-order valence-electron chi connectivity index (χ3n) is 12.1. The summed E-state index contributed by atoms with van der Waals surface area (Å²) in [5.41, 5.74) is 12.1. The Hall–Kier alpha value is -5.59. The zero-order valence-corrected chi connectivity index (χ0v) is 38.2. The molecule has 0 fully saturated rings. The van der Waals surface area contributed by atoms with Gasteiger partial charge in [-0.3, -0.25) is 4.57 Å². The van der Waals surface area contributed by atoms with E-state index < -0.39 is 0 Å². The van der Waals surface area contributed by atoms with E-state index in [1.807, 2.05) is 17.5 Å². The summed E-state index contributed by atoms with van der Waals surface area (Å²) in [4.78, 5) is 9.91. The van der Waals surface area contributed by atoms with Crippen molar-refractivity contribution < 1.29 is 4.74 Å². The molecule has 0 unspecified atom stereocenters. The van der Waals surface area contributed by atoms with Gasteiger partial charge in [-0.25, -0.2) is 4.98 Å². The number of para-hydroxylation sites is 2. The van der Waals surface area contributed by atoms with Crippen LogP contribution < -0.4 is 14.5 Å². The minimum Gasteiger partial charge on any atom is -0.457 e. The number of benzene rings is 5. The van der Waals surface area contributed by atoms with E-state index in [1.165, 1.54) is 65.0 Å². The zero-order valence-electron chi connectivity index (χ0n) is 37.4. The van der Waals surface area contributed by atoms with E-state index in [2.05, 4.69) is 213 Å². The molecule has 306 valence electrons. The molecule has 6 heteroatoms. The average molecular weight is 811 g/mol. The van der Waals surface area contributed by atoms with Gasteiger partial charge in [-0.05, 0) is 111 Å². The lowest BCUT2D eigenvalue weighted by molar-refractivity contribution is 0.479. The Labute approximate surface area is 360 Å². The molecule has 8 aromatic rings. The van der Waals surface area contributed by atoms with Crippen LogP contribution in [0.3, 0.4) is 0 Å². The van der Waals surface area contributed by atoms with E-state index in [0.717, 1.165) is 28.5 Å². The van der Waals surface area contributed by atoms with Gasteiger partial charge in [-0.1, -0.05) is 119 Å². The first-order valence-corrected chi connectivity index (χ1v) is 22.1. The molecule has 0 N–H and O–H groups in total. The summed E-state index contributed by atoms with van der Waals surface area (Å²) in [6, 6.07) is 42.4. The minimum atomic E-state index is -0.108. The number of fused-ring (bicyclic) bond motifs is 6. The molecule has 0 amide bonds. The van der Waals surface area contributed by atoms with Crippen LogP contribution in [0.2, 0.25) is 0 Å². The average Bonchev–Trinajstić information content (AvgIpc) is 3.85. The lowest BCUT2D eigenvalue weighted by atomic mass is 9.80. The van der Waals surface area contributed by atoms with Crippen molar-refractivity contribution in [2.75, 3.05) is 16.5 Å². The van der Waals surface area contributed by atoms with Crippen LogP contribution in [0.5, 0.6) is 11.5 Å². The fourth-order valence-electron chi connectivity index (χ4n) is 8.41. The normalized spacial score (nSPS) is 13.9. The van der Waals surface area contributed by atoms with Crippen LogP contribution in [-0.4, -0.2) is 16.2 Å². The highest BCUT2D eigenvalue weighted by Crippen LogP contribution is 2.48. The minimum absolute atomic E-state index is 0.0146. The Morgan fingerprint density at radius 1 is 0.517 bits per heavy atom. The Kier molecular flexibility index (Phi) is 9.29. The van der Waals surface area contributed by atoms with Crippen LogP contribution >= 0.6 is 11.3 Å². The summed E-state index contributed by atoms with van der Waals surface area (Å²) >= 11 is 1.84. The van der Waals surface area contributed by atoms with Gasteiger partial charge in [0.1, 0.15) is 24.0 Å². The second-order valence-electron chi connectivity index (χ2n) is 20.8. The highest BCUT2D eigenvalue weighted by atomic mass is 32.1. The van der Waals surface area contributed by atoms with E-state index in [4.69, 9.17) is 9.72 Å². The summed E-state index contributed by atoms with van der Waals surface area (Å²) in [6.45, 7) is 28.1. The molecular formula is C54H58N4OS. The lowest BCUT2D eigenvalue weighted by Gasteiger charge is -2.29. The van der Waals surface area contributed by atoms with Crippen LogP contribution in [0.1, 0.15) is 105 Å². The quantitative estimate of drug-likeness (QED) is 0.173. The molecule has 1 aliphatic heterocycles. The first-order chi connectivity index (χ1) is 28.2. The molecule has 0 saturated heterocycles. The number of nitrogens with zero attached hydrogens (tertiary/aromatic N) is 4. The molecule has 5 aromatic carbocycles. The van der Waals surface area contributed by atoms with Gasteiger partial charge in [0.2, 0.25) is 0 Å². The van der Waals surface area contributed by atoms with Crippen LogP contribution in [0.15, 0.2) is 121 Å². The van der Waals surface area contributed by atoms with Crippen molar-refractivity contribution in [3.63, 3.8) is 0 Å². The van der Waals surface area contributed by atoms with E-state index in [-0.39, 0.29) is 21.7 Å². The van der Waals surface area contributed by atoms with Crippen LogP contribution in [0.4, 0.5) is 22.7 Å². The second kappa shape index (κ2) is 14.0. The maximum atomic E-state index is 6.99. The predicted octanol–water partition coefficient (Wildman–Crippen LogP) is 15.6. The van der Waals surface area contributed by atoms with Gasteiger partial charge in [-0.15, -0.1) is 11.3 Å². The Bertz CT molecular complexity index is 2910. The molecule has 60 heavy (non-hydrogen) atoms. The van der Waals surface area contributed by atoms with Crippen LogP contribution in [0, 0.1) is 0 Å². The molecule has 1 aliphatic rings. The standard InChI is InChI=1S/C54H58N4OS/c1-51(2,3)34-23-24-55-48(30-34)58-46-32-40(21-22-42(46)50-49(58)43-17-13-16-20-47(43)60-50)59-41-29-37(54(10,11)12)28-39(31-41)57-33-56(44-18-14-15-19-45(44)57)38-26-35(52(4,5)6)25-36(27-38)53(7,8)9/h13-32H,33H2,1-12H3. The molecule has 0 radical (unpaired) electrons. The Balaban J connectivity index is 1.15. The molecule has 0 spiro atoms. The van der Waals surface area contributed by atoms with E-state index >= 15 is 0 Å². The largest absolute Gasteiger partial charge is 0.457 e. The van der Waals surface area contributed by atoms with Gasteiger partial charge in [0.05, 0.1) is 27.1 Å².